The van der Waals surface area contributed by atoms with Gasteiger partial charge < -0.3 is 4.74 Å². The minimum atomic E-state index is 0.589. The Morgan fingerprint density at radius 3 is 2.67 bits per heavy atom. The molecule has 0 aromatic heterocycles. The first-order valence-electron chi connectivity index (χ1n) is 3.66. The number of hydrogen-bond donors (Lipinski definition) is 0. The zero-order valence-corrected chi connectivity index (χ0v) is 8.32. The minimum Gasteiger partial charge on any atom is -0.497 e. The van der Waals surface area contributed by atoms with Crippen molar-refractivity contribution in [3.05, 3.63) is 28.8 Å². The predicted molar refractivity (Wildman–Crippen MR) is 52.4 cm³/mol. The molecule has 1 rings (SSSR count). The molecule has 0 aliphatic carbocycles. The van der Waals surface area contributed by atoms with Gasteiger partial charge in [-0.2, -0.15) is 0 Å². The molecule has 66 valence electrons. The van der Waals surface area contributed by atoms with E-state index in [1.165, 1.54) is 0 Å². The van der Waals surface area contributed by atoms with Gasteiger partial charge in [-0.25, -0.2) is 0 Å². The molecule has 0 saturated heterocycles. The van der Waals surface area contributed by atoms with E-state index in [-0.39, 0.29) is 0 Å². The maximum Gasteiger partial charge on any atom is 0.120 e. The van der Waals surface area contributed by atoms with Gasteiger partial charge >= 0.3 is 0 Å². The van der Waals surface area contributed by atoms with Crippen LogP contribution in [0.4, 0.5) is 0 Å². The highest BCUT2D eigenvalue weighted by Crippen LogP contribution is 2.22. The van der Waals surface area contributed by atoms with Gasteiger partial charge in [-0.05, 0) is 24.1 Å². The van der Waals surface area contributed by atoms with Crippen LogP contribution in [0.3, 0.4) is 0 Å². The zero-order valence-electron chi connectivity index (χ0n) is 6.81. The third kappa shape index (κ3) is 2.29. The molecule has 0 aliphatic heterocycles. The molecule has 0 atom stereocenters. The first kappa shape index (κ1) is 9.69. The Labute approximate surface area is 82.2 Å². The second-order valence-corrected chi connectivity index (χ2v) is 3.18. The second kappa shape index (κ2) is 4.58. The average Bonchev–Trinajstić information content (AvgIpc) is 2.09. The first-order chi connectivity index (χ1) is 5.77. The molecule has 0 aliphatic rings. The molecule has 0 unspecified atom stereocenters. The van der Waals surface area contributed by atoms with Crippen LogP contribution in [-0.4, -0.2) is 13.0 Å². The van der Waals surface area contributed by atoms with Gasteiger partial charge in [0.15, 0.2) is 0 Å². The number of halogens is 2. The summed E-state index contributed by atoms with van der Waals surface area (Å²) < 4.78 is 5.01. The molecule has 3 heteroatoms. The predicted octanol–water partition coefficient (Wildman–Crippen LogP) is 3.13. The number of benzene rings is 1. The van der Waals surface area contributed by atoms with E-state index < -0.39 is 0 Å². The van der Waals surface area contributed by atoms with Crippen molar-refractivity contribution in [2.45, 2.75) is 6.42 Å². The molecule has 1 aromatic rings. The Kier molecular flexibility index (Phi) is 3.70. The summed E-state index contributed by atoms with van der Waals surface area (Å²) in [4.78, 5) is 0. The molecule has 0 radical (unpaired) electrons. The smallest absolute Gasteiger partial charge is 0.120 e. The molecule has 0 amide bonds. The summed E-state index contributed by atoms with van der Waals surface area (Å²) in [5, 5.41) is 0.718. The van der Waals surface area contributed by atoms with Gasteiger partial charge in [-0.1, -0.05) is 17.7 Å². The molecule has 0 heterocycles. The third-order valence-corrected chi connectivity index (χ3v) is 2.16. The van der Waals surface area contributed by atoms with Gasteiger partial charge in [0.25, 0.3) is 0 Å². The van der Waals surface area contributed by atoms with E-state index in [2.05, 4.69) is 0 Å². The van der Waals surface area contributed by atoms with Gasteiger partial charge in [0.1, 0.15) is 5.75 Å². The van der Waals surface area contributed by atoms with Gasteiger partial charge in [0.2, 0.25) is 0 Å². The van der Waals surface area contributed by atoms with Crippen molar-refractivity contribution >= 4 is 23.2 Å². The lowest BCUT2D eigenvalue weighted by molar-refractivity contribution is 0.414. The molecule has 12 heavy (non-hydrogen) atoms. The van der Waals surface area contributed by atoms with E-state index in [9.17, 15) is 0 Å². The molecule has 1 nitrogen and oxygen atoms in total. The summed E-state index contributed by atoms with van der Waals surface area (Å²) in [7, 11) is 1.62. The molecule has 0 fully saturated rings. The van der Waals surface area contributed by atoms with Gasteiger partial charge in [-0.3, -0.25) is 0 Å². The van der Waals surface area contributed by atoms with Crippen LogP contribution in [0.25, 0.3) is 0 Å². The van der Waals surface area contributed by atoms with Gasteiger partial charge in [0, 0.05) is 10.9 Å². The van der Waals surface area contributed by atoms with Crippen LogP contribution in [-0.2, 0) is 6.42 Å². The summed E-state index contributed by atoms with van der Waals surface area (Å²) in [6, 6.07) is 5.61. The Morgan fingerprint density at radius 1 is 1.42 bits per heavy atom. The number of alkyl halides is 1. The number of hydrogen-bond acceptors (Lipinski definition) is 1. The standard InChI is InChI=1S/C9H10Cl2O/c1-12-8-3-2-7(4-5-10)9(11)6-8/h2-3,6H,4-5H2,1H3. The largest absolute Gasteiger partial charge is 0.497 e. The van der Waals surface area contributed by atoms with Crippen molar-refractivity contribution in [3.63, 3.8) is 0 Å². The quantitative estimate of drug-likeness (QED) is 0.688. The molecule has 0 spiro atoms. The number of ether oxygens (including phenoxy) is 1. The summed E-state index contributed by atoms with van der Waals surface area (Å²) in [5.74, 6) is 1.37. The topological polar surface area (TPSA) is 9.23 Å². The number of aryl methyl sites for hydroxylation is 1. The fraction of sp³-hybridized carbons (Fsp3) is 0.333. The van der Waals surface area contributed by atoms with Crippen LogP contribution in [0.1, 0.15) is 5.56 Å². The lowest BCUT2D eigenvalue weighted by atomic mass is 10.2. The molecule has 1 aromatic carbocycles. The Balaban J connectivity index is 2.87. The van der Waals surface area contributed by atoms with Crippen molar-refractivity contribution in [3.8, 4) is 5.75 Å². The molecular weight excluding hydrogens is 195 g/mol. The molecule has 0 N–H and O–H groups in total. The van der Waals surface area contributed by atoms with Crippen molar-refractivity contribution in [2.75, 3.05) is 13.0 Å². The molecule has 0 bridgehead atoms. The van der Waals surface area contributed by atoms with Gasteiger partial charge in [0.05, 0.1) is 7.11 Å². The maximum atomic E-state index is 5.95. The highest BCUT2D eigenvalue weighted by molar-refractivity contribution is 6.31. The van der Waals surface area contributed by atoms with Crippen LogP contribution >= 0.6 is 23.2 Å². The second-order valence-electron chi connectivity index (χ2n) is 2.40. The van der Waals surface area contributed by atoms with Crippen molar-refractivity contribution in [1.29, 1.82) is 0 Å². The van der Waals surface area contributed by atoms with E-state index in [4.69, 9.17) is 27.9 Å². The van der Waals surface area contributed by atoms with Crippen LogP contribution in [0.15, 0.2) is 18.2 Å². The minimum absolute atomic E-state index is 0.589. The fourth-order valence-electron chi connectivity index (χ4n) is 0.960. The highest BCUT2D eigenvalue weighted by Gasteiger charge is 2.00. The lowest BCUT2D eigenvalue weighted by Gasteiger charge is -2.04. The zero-order chi connectivity index (χ0) is 8.97. The third-order valence-electron chi connectivity index (χ3n) is 1.62. The highest BCUT2D eigenvalue weighted by atomic mass is 35.5. The Morgan fingerprint density at radius 2 is 2.17 bits per heavy atom. The summed E-state index contributed by atoms with van der Waals surface area (Å²) in [5.41, 5.74) is 1.06. The van der Waals surface area contributed by atoms with E-state index in [1.54, 1.807) is 13.2 Å². The average molecular weight is 205 g/mol. The number of rotatable bonds is 3. The fourth-order valence-corrected chi connectivity index (χ4v) is 1.43. The Hall–Kier alpha value is -0.400. The first-order valence-corrected chi connectivity index (χ1v) is 4.57. The normalized spacial score (nSPS) is 9.92. The Bertz CT molecular complexity index is 261. The van der Waals surface area contributed by atoms with E-state index in [1.807, 2.05) is 12.1 Å². The lowest BCUT2D eigenvalue weighted by Crippen LogP contribution is -1.89. The van der Waals surface area contributed by atoms with Crippen molar-refractivity contribution < 1.29 is 4.74 Å². The van der Waals surface area contributed by atoms with Crippen molar-refractivity contribution in [2.24, 2.45) is 0 Å². The van der Waals surface area contributed by atoms with E-state index in [0.29, 0.717) is 5.88 Å². The van der Waals surface area contributed by atoms with E-state index in [0.717, 1.165) is 22.8 Å². The van der Waals surface area contributed by atoms with Gasteiger partial charge in [-0.15, -0.1) is 11.6 Å². The summed E-state index contributed by atoms with van der Waals surface area (Å²) >= 11 is 11.5. The molecular formula is C9H10Cl2O. The summed E-state index contributed by atoms with van der Waals surface area (Å²) in [6.45, 7) is 0. The monoisotopic (exact) mass is 204 g/mol. The van der Waals surface area contributed by atoms with Crippen LogP contribution < -0.4 is 4.74 Å². The maximum absolute atomic E-state index is 5.95. The number of methoxy groups -OCH3 is 1. The summed E-state index contributed by atoms with van der Waals surface area (Å²) in [6.07, 6.45) is 0.796. The SMILES string of the molecule is COc1ccc(CCCl)c(Cl)c1. The molecule has 0 saturated carbocycles. The van der Waals surface area contributed by atoms with Crippen LogP contribution in [0.5, 0.6) is 5.75 Å². The van der Waals surface area contributed by atoms with Crippen molar-refractivity contribution in [1.82, 2.24) is 0 Å². The van der Waals surface area contributed by atoms with Crippen LogP contribution in [0, 0.1) is 0 Å². The van der Waals surface area contributed by atoms with Crippen LogP contribution in [0.2, 0.25) is 5.02 Å². The van der Waals surface area contributed by atoms with E-state index >= 15 is 0 Å².